The van der Waals surface area contributed by atoms with Crippen molar-refractivity contribution in [3.05, 3.63) is 29.8 Å². The molecule has 1 amide bonds. The minimum Gasteiger partial charge on any atom is -0.399 e. The minimum atomic E-state index is -2.88. The third-order valence-electron chi connectivity index (χ3n) is 3.91. The predicted octanol–water partition coefficient (Wildman–Crippen LogP) is 1.31. The highest BCUT2D eigenvalue weighted by atomic mass is 32.2. The van der Waals surface area contributed by atoms with Crippen LogP contribution in [0.1, 0.15) is 31.2 Å². The van der Waals surface area contributed by atoms with Crippen LogP contribution < -0.4 is 11.1 Å². The first kappa shape index (κ1) is 15.8. The van der Waals surface area contributed by atoms with E-state index in [2.05, 4.69) is 5.32 Å². The third-order valence-corrected chi connectivity index (χ3v) is 5.75. The van der Waals surface area contributed by atoms with Crippen molar-refractivity contribution in [1.82, 2.24) is 5.32 Å². The van der Waals surface area contributed by atoms with E-state index >= 15 is 0 Å². The fraction of sp³-hybridized carbons (Fsp3) is 0.533. The van der Waals surface area contributed by atoms with E-state index in [1.54, 1.807) is 0 Å². The van der Waals surface area contributed by atoms with Crippen LogP contribution in [0.3, 0.4) is 0 Å². The van der Waals surface area contributed by atoms with Gasteiger partial charge in [-0.1, -0.05) is 19.1 Å². The van der Waals surface area contributed by atoms with Gasteiger partial charge in [0.15, 0.2) is 9.84 Å². The van der Waals surface area contributed by atoms with Gasteiger partial charge >= 0.3 is 0 Å². The summed E-state index contributed by atoms with van der Waals surface area (Å²) < 4.78 is 22.7. The number of nitrogen functional groups attached to an aromatic ring is 1. The molecule has 2 atom stereocenters. The van der Waals surface area contributed by atoms with E-state index in [0.29, 0.717) is 25.1 Å². The van der Waals surface area contributed by atoms with E-state index in [4.69, 9.17) is 5.73 Å². The average Bonchev–Trinajstić information content (AvgIpc) is 2.77. The lowest BCUT2D eigenvalue weighted by Gasteiger charge is -2.14. The van der Waals surface area contributed by atoms with Crippen LogP contribution in [0.2, 0.25) is 0 Å². The Labute approximate surface area is 125 Å². The number of sulfone groups is 1. The molecule has 2 unspecified atom stereocenters. The maximum absolute atomic E-state index is 11.9. The molecule has 3 N–H and O–H groups in total. The van der Waals surface area contributed by atoms with Gasteiger partial charge < -0.3 is 11.1 Å². The summed E-state index contributed by atoms with van der Waals surface area (Å²) in [5.74, 6) is 0.572. The molecule has 1 fully saturated rings. The lowest BCUT2D eigenvalue weighted by Crippen LogP contribution is -2.30. The number of rotatable bonds is 5. The van der Waals surface area contributed by atoms with Crippen LogP contribution in [-0.4, -0.2) is 32.4 Å². The van der Waals surface area contributed by atoms with Crippen LogP contribution in [0.15, 0.2) is 24.3 Å². The van der Waals surface area contributed by atoms with Gasteiger partial charge in [-0.2, -0.15) is 0 Å². The molecule has 2 rings (SSSR count). The van der Waals surface area contributed by atoms with Gasteiger partial charge in [-0.05, 0) is 36.0 Å². The van der Waals surface area contributed by atoms with E-state index < -0.39 is 9.84 Å². The number of anilines is 1. The van der Waals surface area contributed by atoms with Crippen molar-refractivity contribution in [2.24, 2.45) is 5.92 Å². The van der Waals surface area contributed by atoms with Crippen LogP contribution in [0.4, 0.5) is 5.69 Å². The van der Waals surface area contributed by atoms with E-state index in [-0.39, 0.29) is 29.2 Å². The van der Waals surface area contributed by atoms with Crippen LogP contribution in [0.5, 0.6) is 0 Å². The lowest BCUT2D eigenvalue weighted by atomic mass is 9.97. The summed E-state index contributed by atoms with van der Waals surface area (Å²) >= 11 is 0. The molecule has 1 aliphatic heterocycles. The SMILES string of the molecule is CC(CC(=O)NCC1CCS(=O)(=O)C1)c1ccc(N)cc1. The fourth-order valence-corrected chi connectivity index (χ4v) is 4.45. The minimum absolute atomic E-state index is 0.0383. The number of benzene rings is 1. The molecule has 0 radical (unpaired) electrons. The summed E-state index contributed by atoms with van der Waals surface area (Å²) in [7, 11) is -2.88. The smallest absolute Gasteiger partial charge is 0.220 e. The standard InChI is InChI=1S/C15H22N2O3S/c1-11(13-2-4-14(16)5-3-13)8-15(18)17-9-12-6-7-21(19,20)10-12/h2-5,11-12H,6-10,16H2,1H3,(H,17,18). The van der Waals surface area contributed by atoms with Crippen molar-refractivity contribution < 1.29 is 13.2 Å². The van der Waals surface area contributed by atoms with Gasteiger partial charge in [-0.15, -0.1) is 0 Å². The quantitative estimate of drug-likeness (QED) is 0.803. The number of carbonyl (C=O) groups excluding carboxylic acids is 1. The molecule has 1 aromatic rings. The molecule has 21 heavy (non-hydrogen) atoms. The molecule has 1 aromatic carbocycles. The zero-order chi connectivity index (χ0) is 15.5. The first-order chi connectivity index (χ1) is 9.85. The molecule has 1 saturated heterocycles. The number of hydrogen-bond acceptors (Lipinski definition) is 4. The summed E-state index contributed by atoms with van der Waals surface area (Å²) in [5.41, 5.74) is 7.42. The Morgan fingerprint density at radius 2 is 2.05 bits per heavy atom. The normalized spacial score (nSPS) is 21.9. The Bertz CT molecular complexity index is 596. The third kappa shape index (κ3) is 4.74. The van der Waals surface area contributed by atoms with Gasteiger partial charge in [0.2, 0.25) is 5.91 Å². The maximum atomic E-state index is 11.9. The van der Waals surface area contributed by atoms with E-state index in [0.717, 1.165) is 5.56 Å². The van der Waals surface area contributed by atoms with Gasteiger partial charge in [-0.25, -0.2) is 8.42 Å². The largest absolute Gasteiger partial charge is 0.399 e. The van der Waals surface area contributed by atoms with Gasteiger partial charge in [0.25, 0.3) is 0 Å². The molecular weight excluding hydrogens is 288 g/mol. The molecule has 0 saturated carbocycles. The monoisotopic (exact) mass is 310 g/mol. The highest BCUT2D eigenvalue weighted by Crippen LogP contribution is 2.21. The molecule has 1 aliphatic rings. The predicted molar refractivity (Wildman–Crippen MR) is 83.7 cm³/mol. The molecule has 0 aliphatic carbocycles. The van der Waals surface area contributed by atoms with Crippen LogP contribution >= 0.6 is 0 Å². The topological polar surface area (TPSA) is 89.3 Å². The first-order valence-corrected chi connectivity index (χ1v) is 9.00. The molecule has 0 spiro atoms. The highest BCUT2D eigenvalue weighted by molar-refractivity contribution is 7.91. The van der Waals surface area contributed by atoms with E-state index in [9.17, 15) is 13.2 Å². The Balaban J connectivity index is 1.78. The summed E-state index contributed by atoms with van der Waals surface area (Å²) in [6.45, 7) is 2.44. The molecule has 116 valence electrons. The Hall–Kier alpha value is -1.56. The van der Waals surface area contributed by atoms with Crippen molar-refractivity contribution in [3.63, 3.8) is 0 Å². The average molecular weight is 310 g/mol. The summed E-state index contributed by atoms with van der Waals surface area (Å²) in [5, 5.41) is 2.85. The van der Waals surface area contributed by atoms with Crippen LogP contribution in [0, 0.1) is 5.92 Å². The number of nitrogens with one attached hydrogen (secondary N) is 1. The Kier molecular flexibility index (Phi) is 4.88. The van der Waals surface area contributed by atoms with E-state index in [1.165, 1.54) is 0 Å². The second-order valence-corrected chi connectivity index (χ2v) is 8.07. The zero-order valence-corrected chi connectivity index (χ0v) is 13.0. The van der Waals surface area contributed by atoms with Crippen LogP contribution in [-0.2, 0) is 14.6 Å². The number of hydrogen-bond donors (Lipinski definition) is 2. The molecule has 5 nitrogen and oxygen atoms in total. The van der Waals surface area contributed by atoms with Gasteiger partial charge in [0.05, 0.1) is 11.5 Å². The molecule has 0 aromatic heterocycles. The van der Waals surface area contributed by atoms with Gasteiger partial charge in [0, 0.05) is 18.7 Å². The summed E-state index contributed by atoms with van der Waals surface area (Å²) in [4.78, 5) is 11.9. The Morgan fingerprint density at radius 1 is 1.38 bits per heavy atom. The number of amides is 1. The lowest BCUT2D eigenvalue weighted by molar-refractivity contribution is -0.121. The molecule has 6 heteroatoms. The second kappa shape index (κ2) is 6.47. The molecular formula is C15H22N2O3S. The summed E-state index contributed by atoms with van der Waals surface area (Å²) in [6.07, 6.45) is 1.04. The van der Waals surface area contributed by atoms with Gasteiger partial charge in [0.1, 0.15) is 0 Å². The maximum Gasteiger partial charge on any atom is 0.220 e. The fourth-order valence-electron chi connectivity index (χ4n) is 2.58. The van der Waals surface area contributed by atoms with Crippen molar-refractivity contribution in [2.75, 3.05) is 23.8 Å². The van der Waals surface area contributed by atoms with Crippen molar-refractivity contribution >= 4 is 21.4 Å². The number of carbonyl (C=O) groups is 1. The van der Waals surface area contributed by atoms with Crippen molar-refractivity contribution in [1.29, 1.82) is 0 Å². The second-order valence-electron chi connectivity index (χ2n) is 5.84. The first-order valence-electron chi connectivity index (χ1n) is 7.18. The van der Waals surface area contributed by atoms with Crippen molar-refractivity contribution in [2.45, 2.75) is 25.7 Å². The molecule has 0 bridgehead atoms. The zero-order valence-electron chi connectivity index (χ0n) is 12.2. The molecule has 1 heterocycles. The van der Waals surface area contributed by atoms with Gasteiger partial charge in [-0.3, -0.25) is 4.79 Å². The van der Waals surface area contributed by atoms with Crippen molar-refractivity contribution in [3.8, 4) is 0 Å². The van der Waals surface area contributed by atoms with E-state index in [1.807, 2.05) is 31.2 Å². The Morgan fingerprint density at radius 3 is 2.62 bits per heavy atom. The number of nitrogens with two attached hydrogens (primary N) is 1. The van der Waals surface area contributed by atoms with Crippen LogP contribution in [0.25, 0.3) is 0 Å². The highest BCUT2D eigenvalue weighted by Gasteiger charge is 2.27. The summed E-state index contributed by atoms with van der Waals surface area (Å²) in [6, 6.07) is 7.51.